The van der Waals surface area contributed by atoms with Gasteiger partial charge >= 0.3 is 38.7 Å². The summed E-state index contributed by atoms with van der Waals surface area (Å²) in [4.78, 5) is 5.35. The monoisotopic (exact) mass is 395 g/mol. The maximum absolute atomic E-state index is 10.7. The number of morpholine rings is 1. The maximum atomic E-state index is 9.87. The van der Waals surface area contributed by atoms with Crippen molar-refractivity contribution in [1.82, 2.24) is 0 Å². The number of rotatable bonds is 3. The molecule has 1 heterocycles. The first-order valence-corrected chi connectivity index (χ1v) is 8.78. The van der Waals surface area contributed by atoms with Crippen LogP contribution in [0.15, 0.2) is 12.1 Å². The minimum atomic E-state index is -10.7. The van der Waals surface area contributed by atoms with Crippen molar-refractivity contribution in [2.24, 2.45) is 0 Å². The van der Waals surface area contributed by atoms with Crippen molar-refractivity contribution in [2.75, 3.05) is 45.4 Å². The normalized spacial score (nSPS) is 17.3. The summed E-state index contributed by atoms with van der Waals surface area (Å²) in [7, 11) is -7.53. The number of benzene rings is 1. The Hall–Kier alpha value is -1.99. The SMILES string of the molecule is COc1cc(N2CCOCC2)c(OC)cc1[N+]#N.F[P-](F)(F)(F)(F)F. The molecule has 144 valence electrons. The van der Waals surface area contributed by atoms with E-state index in [1.807, 2.05) is 6.07 Å². The van der Waals surface area contributed by atoms with E-state index in [2.05, 4.69) is 9.88 Å². The number of diazo groups is 1. The number of halogens is 6. The molecule has 0 unspecified atom stereocenters. The summed E-state index contributed by atoms with van der Waals surface area (Å²) < 4.78 is 75.0. The number of hydrogen-bond acceptors (Lipinski definition) is 5. The van der Waals surface area contributed by atoms with Gasteiger partial charge in [-0.1, -0.05) is 0 Å². The predicted octanol–water partition coefficient (Wildman–Crippen LogP) is 5.41. The first-order valence-electron chi connectivity index (χ1n) is 6.75. The van der Waals surface area contributed by atoms with Gasteiger partial charge in [0.25, 0.3) is 0 Å². The molecule has 2 rings (SSSR count). The molecule has 1 aliphatic heterocycles. The molecule has 0 spiro atoms. The van der Waals surface area contributed by atoms with E-state index in [4.69, 9.17) is 19.6 Å². The van der Waals surface area contributed by atoms with Crippen LogP contribution in [0.3, 0.4) is 0 Å². The van der Waals surface area contributed by atoms with Gasteiger partial charge in [-0.25, -0.2) is 0 Å². The summed E-state index contributed by atoms with van der Waals surface area (Å²) in [6.07, 6.45) is 0. The number of ether oxygens (including phenoxy) is 3. The molecule has 0 N–H and O–H groups in total. The number of methoxy groups -OCH3 is 2. The van der Waals surface area contributed by atoms with E-state index in [1.54, 1.807) is 20.3 Å². The van der Waals surface area contributed by atoms with Gasteiger partial charge in [0.15, 0.2) is 10.7 Å². The quantitative estimate of drug-likeness (QED) is 0.389. The second-order valence-corrected chi connectivity index (χ2v) is 6.77. The van der Waals surface area contributed by atoms with E-state index >= 15 is 0 Å². The fourth-order valence-electron chi connectivity index (χ4n) is 2.00. The molecular formula is C12H16F6N3O3P. The Morgan fingerprint density at radius 3 is 1.88 bits per heavy atom. The molecule has 1 aliphatic rings. The molecule has 0 aliphatic carbocycles. The van der Waals surface area contributed by atoms with Crippen LogP contribution in [-0.4, -0.2) is 40.5 Å². The van der Waals surface area contributed by atoms with Crippen molar-refractivity contribution < 1.29 is 39.4 Å². The van der Waals surface area contributed by atoms with Crippen LogP contribution in [0.4, 0.5) is 36.6 Å². The van der Waals surface area contributed by atoms with Crippen LogP contribution < -0.4 is 14.4 Å². The van der Waals surface area contributed by atoms with Crippen molar-refractivity contribution in [3.8, 4) is 11.5 Å². The molecule has 0 aromatic heterocycles. The third-order valence-electron chi connectivity index (χ3n) is 2.94. The Morgan fingerprint density at radius 1 is 1.00 bits per heavy atom. The first kappa shape index (κ1) is 21.1. The Bertz CT molecular complexity index is 645. The van der Waals surface area contributed by atoms with E-state index in [9.17, 15) is 25.2 Å². The van der Waals surface area contributed by atoms with Gasteiger partial charge in [0.2, 0.25) is 11.1 Å². The van der Waals surface area contributed by atoms with E-state index in [1.165, 1.54) is 0 Å². The third kappa shape index (κ3) is 8.60. The van der Waals surface area contributed by atoms with Gasteiger partial charge in [0.1, 0.15) is 0 Å². The van der Waals surface area contributed by atoms with E-state index in [-0.39, 0.29) is 0 Å². The predicted molar refractivity (Wildman–Crippen MR) is 80.9 cm³/mol. The molecule has 1 saturated heterocycles. The Morgan fingerprint density at radius 2 is 1.48 bits per heavy atom. The number of anilines is 1. The zero-order valence-electron chi connectivity index (χ0n) is 13.3. The van der Waals surface area contributed by atoms with Gasteiger partial charge in [-0.3, -0.25) is 0 Å². The van der Waals surface area contributed by atoms with Gasteiger partial charge in [-0.05, 0) is 0 Å². The van der Waals surface area contributed by atoms with Gasteiger partial charge in [0.05, 0.1) is 39.2 Å². The van der Waals surface area contributed by atoms with Crippen LogP contribution in [0.1, 0.15) is 0 Å². The zero-order valence-corrected chi connectivity index (χ0v) is 14.2. The van der Waals surface area contributed by atoms with Crippen LogP contribution in [-0.2, 0) is 4.74 Å². The molecule has 0 saturated carbocycles. The second-order valence-electron chi connectivity index (χ2n) is 4.85. The molecule has 1 fully saturated rings. The fourth-order valence-corrected chi connectivity index (χ4v) is 2.00. The summed E-state index contributed by atoms with van der Waals surface area (Å²) >= 11 is 0. The van der Waals surface area contributed by atoms with Crippen molar-refractivity contribution in [1.29, 1.82) is 5.39 Å². The zero-order chi connectivity index (χ0) is 19.4. The molecule has 1 aromatic carbocycles. The van der Waals surface area contributed by atoms with Crippen molar-refractivity contribution in [3.63, 3.8) is 0 Å². The van der Waals surface area contributed by atoms with Gasteiger partial charge in [0, 0.05) is 19.2 Å². The molecular weight excluding hydrogens is 379 g/mol. The summed E-state index contributed by atoms with van der Waals surface area (Å²) in [5.74, 6) is 1.17. The Labute approximate surface area is 139 Å². The summed E-state index contributed by atoms with van der Waals surface area (Å²) in [6, 6.07) is 3.48. The van der Waals surface area contributed by atoms with E-state index in [0.717, 1.165) is 18.8 Å². The molecule has 1 aromatic rings. The van der Waals surface area contributed by atoms with Crippen LogP contribution in [0, 0.1) is 5.39 Å². The van der Waals surface area contributed by atoms with Crippen LogP contribution in [0.25, 0.3) is 4.98 Å². The Kier molecular flexibility index (Phi) is 5.66. The molecule has 0 amide bonds. The van der Waals surface area contributed by atoms with Crippen LogP contribution in [0.5, 0.6) is 11.5 Å². The summed E-state index contributed by atoms with van der Waals surface area (Å²) in [5, 5.41) is 8.93. The van der Waals surface area contributed by atoms with Gasteiger partial charge in [-0.15, -0.1) is 0 Å². The number of hydrogen-bond donors (Lipinski definition) is 0. The van der Waals surface area contributed by atoms with E-state index < -0.39 is 7.81 Å². The van der Waals surface area contributed by atoms with Crippen molar-refractivity contribution in [2.45, 2.75) is 0 Å². The topological polar surface area (TPSA) is 59.1 Å². The third-order valence-corrected chi connectivity index (χ3v) is 2.94. The fraction of sp³-hybridized carbons (Fsp3) is 0.500. The second kappa shape index (κ2) is 6.72. The first-order chi connectivity index (χ1) is 11.2. The standard InChI is InChI=1S/C12H16N3O3.F6P/c1-16-11-8-10(15-3-5-18-6-4-15)12(17-2)7-9(11)14-13;1-7(2,3,4,5)6/h7-8H,3-6H2,1-2H3;/q+1;-1. The van der Waals surface area contributed by atoms with Crippen LogP contribution >= 0.6 is 7.81 Å². The molecule has 25 heavy (non-hydrogen) atoms. The van der Waals surface area contributed by atoms with Crippen LogP contribution in [0.2, 0.25) is 0 Å². The molecule has 13 heteroatoms. The summed E-state index contributed by atoms with van der Waals surface area (Å²) in [6.45, 7) is 2.99. The van der Waals surface area contributed by atoms with Gasteiger partial charge < -0.3 is 19.1 Å². The molecule has 0 atom stereocenters. The molecule has 6 nitrogen and oxygen atoms in total. The van der Waals surface area contributed by atoms with Crippen molar-refractivity contribution in [3.05, 3.63) is 17.1 Å². The average molecular weight is 395 g/mol. The minimum absolute atomic E-state index is 0.353. The average Bonchev–Trinajstić information content (AvgIpc) is 2.51. The molecule has 0 bridgehead atoms. The van der Waals surface area contributed by atoms with E-state index in [0.29, 0.717) is 30.4 Å². The number of nitrogens with zero attached hydrogens (tertiary/aromatic N) is 3. The van der Waals surface area contributed by atoms with Gasteiger partial charge in [-0.2, -0.15) is 0 Å². The Balaban J connectivity index is 0.000000381. The molecule has 0 radical (unpaired) electrons. The summed E-state index contributed by atoms with van der Waals surface area (Å²) in [5.41, 5.74) is 1.27. The van der Waals surface area contributed by atoms with Crippen molar-refractivity contribution >= 4 is 19.2 Å².